The van der Waals surface area contributed by atoms with Gasteiger partial charge in [0.25, 0.3) is 0 Å². The first-order valence-corrected chi connectivity index (χ1v) is 7.22. The first-order chi connectivity index (χ1) is 10.6. The zero-order valence-electron chi connectivity index (χ0n) is 12.4. The first kappa shape index (κ1) is 14.3. The van der Waals surface area contributed by atoms with Crippen molar-refractivity contribution in [2.24, 2.45) is 0 Å². The number of ether oxygens (including phenoxy) is 1. The van der Waals surface area contributed by atoms with E-state index in [1.807, 2.05) is 54.6 Å². The van der Waals surface area contributed by atoms with Gasteiger partial charge in [-0.15, -0.1) is 0 Å². The van der Waals surface area contributed by atoms with Crippen LogP contribution in [0, 0.1) is 0 Å². The normalized spacial score (nSPS) is 17.9. The largest absolute Gasteiger partial charge is 0.489 e. The van der Waals surface area contributed by atoms with E-state index in [9.17, 15) is 9.59 Å². The van der Waals surface area contributed by atoms with Gasteiger partial charge in [0.2, 0.25) is 11.8 Å². The van der Waals surface area contributed by atoms with E-state index in [1.54, 1.807) is 0 Å². The molecule has 1 saturated heterocycles. The van der Waals surface area contributed by atoms with Crippen LogP contribution in [0.3, 0.4) is 0 Å². The molecule has 1 unspecified atom stereocenters. The van der Waals surface area contributed by atoms with E-state index in [0.717, 1.165) is 11.1 Å². The summed E-state index contributed by atoms with van der Waals surface area (Å²) < 4.78 is 5.77. The molecule has 2 amide bonds. The highest BCUT2D eigenvalue weighted by Gasteiger charge is 2.36. The van der Waals surface area contributed by atoms with E-state index >= 15 is 0 Å². The van der Waals surface area contributed by atoms with Crippen molar-refractivity contribution in [3.05, 3.63) is 65.7 Å². The van der Waals surface area contributed by atoms with Gasteiger partial charge in [-0.2, -0.15) is 0 Å². The number of hydrogen-bond donors (Lipinski definition) is 0. The highest BCUT2D eigenvalue weighted by Crippen LogP contribution is 2.30. The third-order valence-corrected chi connectivity index (χ3v) is 3.89. The van der Waals surface area contributed by atoms with Crippen molar-refractivity contribution in [1.82, 2.24) is 4.90 Å². The van der Waals surface area contributed by atoms with Crippen LogP contribution in [0.25, 0.3) is 0 Å². The van der Waals surface area contributed by atoms with Crippen LogP contribution in [0.2, 0.25) is 0 Å². The lowest BCUT2D eigenvalue weighted by molar-refractivity contribution is -0.137. The van der Waals surface area contributed by atoms with Gasteiger partial charge < -0.3 is 4.74 Å². The minimum absolute atomic E-state index is 0.134. The van der Waals surface area contributed by atoms with Gasteiger partial charge in [0.1, 0.15) is 12.4 Å². The molecule has 0 aromatic heterocycles. The minimum Gasteiger partial charge on any atom is -0.489 e. The maximum atomic E-state index is 12.1. The Kier molecular flexibility index (Phi) is 3.92. The van der Waals surface area contributed by atoms with E-state index < -0.39 is 5.92 Å². The Labute approximate surface area is 129 Å². The number of nitrogens with zero attached hydrogens (tertiary/aromatic N) is 1. The molecule has 0 saturated carbocycles. The molecule has 2 aromatic rings. The molecule has 1 aliphatic rings. The molecular weight excluding hydrogens is 278 g/mol. The summed E-state index contributed by atoms with van der Waals surface area (Å²) in [7, 11) is 1.53. The second-order valence-corrected chi connectivity index (χ2v) is 5.39. The average Bonchev–Trinajstić information content (AvgIpc) is 2.82. The molecule has 22 heavy (non-hydrogen) atoms. The van der Waals surface area contributed by atoms with Crippen LogP contribution in [-0.4, -0.2) is 23.8 Å². The average molecular weight is 295 g/mol. The Morgan fingerprint density at radius 1 is 1.09 bits per heavy atom. The van der Waals surface area contributed by atoms with Crippen molar-refractivity contribution in [2.45, 2.75) is 18.9 Å². The molecule has 112 valence electrons. The molecule has 4 nitrogen and oxygen atoms in total. The van der Waals surface area contributed by atoms with Gasteiger partial charge in [0.05, 0.1) is 5.92 Å². The number of carbonyl (C=O) groups excluding carboxylic acids is 2. The summed E-state index contributed by atoms with van der Waals surface area (Å²) in [4.78, 5) is 24.9. The Balaban J connectivity index is 1.73. The lowest BCUT2D eigenvalue weighted by Gasteiger charge is -2.11. The van der Waals surface area contributed by atoms with Crippen LogP contribution >= 0.6 is 0 Å². The molecule has 4 heteroatoms. The molecule has 0 radical (unpaired) electrons. The van der Waals surface area contributed by atoms with Crippen LogP contribution in [0.4, 0.5) is 0 Å². The standard InChI is InChI=1S/C18H17NO3/c1-19-17(20)11-16(18(19)21)14-8-5-9-15(10-14)22-12-13-6-3-2-4-7-13/h2-10,16H,11-12H2,1H3. The van der Waals surface area contributed by atoms with Crippen LogP contribution in [0.5, 0.6) is 5.75 Å². The molecule has 0 bridgehead atoms. The smallest absolute Gasteiger partial charge is 0.236 e. The molecule has 3 rings (SSSR count). The lowest BCUT2D eigenvalue weighted by Crippen LogP contribution is -2.25. The Morgan fingerprint density at radius 3 is 2.55 bits per heavy atom. The van der Waals surface area contributed by atoms with E-state index in [1.165, 1.54) is 11.9 Å². The Morgan fingerprint density at radius 2 is 1.86 bits per heavy atom. The number of rotatable bonds is 4. The number of benzene rings is 2. The molecule has 1 fully saturated rings. The van der Waals surface area contributed by atoms with Gasteiger partial charge in [0.15, 0.2) is 0 Å². The van der Waals surface area contributed by atoms with Crippen molar-refractivity contribution in [2.75, 3.05) is 7.05 Å². The minimum atomic E-state index is -0.391. The molecule has 0 aliphatic carbocycles. The van der Waals surface area contributed by atoms with Crippen LogP contribution in [0.15, 0.2) is 54.6 Å². The van der Waals surface area contributed by atoms with Gasteiger partial charge in [0, 0.05) is 13.5 Å². The fourth-order valence-corrected chi connectivity index (χ4v) is 2.58. The predicted molar refractivity (Wildman–Crippen MR) is 82.4 cm³/mol. The fourth-order valence-electron chi connectivity index (χ4n) is 2.58. The number of hydrogen-bond acceptors (Lipinski definition) is 3. The van der Waals surface area contributed by atoms with E-state index in [4.69, 9.17) is 4.74 Å². The number of amides is 2. The van der Waals surface area contributed by atoms with Crippen molar-refractivity contribution >= 4 is 11.8 Å². The second-order valence-electron chi connectivity index (χ2n) is 5.39. The zero-order chi connectivity index (χ0) is 15.5. The summed E-state index contributed by atoms with van der Waals surface area (Å²) in [6.07, 6.45) is 0.234. The van der Waals surface area contributed by atoms with Crippen LogP contribution < -0.4 is 4.74 Å². The quantitative estimate of drug-likeness (QED) is 0.815. The molecule has 2 aromatic carbocycles. The molecule has 0 N–H and O–H groups in total. The monoisotopic (exact) mass is 295 g/mol. The Hall–Kier alpha value is -2.62. The fraction of sp³-hybridized carbons (Fsp3) is 0.222. The molecule has 1 heterocycles. The van der Waals surface area contributed by atoms with Crippen molar-refractivity contribution in [3.63, 3.8) is 0 Å². The summed E-state index contributed by atoms with van der Waals surface area (Å²) in [6, 6.07) is 17.3. The number of likely N-dealkylation sites (N-methyl/N-ethyl adjacent to an activating group) is 1. The highest BCUT2D eigenvalue weighted by atomic mass is 16.5. The predicted octanol–water partition coefficient (Wildman–Crippen LogP) is 2.74. The third kappa shape index (κ3) is 2.86. The summed E-state index contributed by atoms with van der Waals surface area (Å²) >= 11 is 0. The molecule has 1 atom stereocenters. The summed E-state index contributed by atoms with van der Waals surface area (Å²) in [6.45, 7) is 0.474. The van der Waals surface area contributed by atoms with Crippen LogP contribution in [0.1, 0.15) is 23.5 Å². The van der Waals surface area contributed by atoms with E-state index in [-0.39, 0.29) is 18.2 Å². The van der Waals surface area contributed by atoms with Gasteiger partial charge in [-0.1, -0.05) is 42.5 Å². The first-order valence-electron chi connectivity index (χ1n) is 7.22. The maximum Gasteiger partial charge on any atom is 0.236 e. The van der Waals surface area contributed by atoms with Crippen molar-refractivity contribution in [1.29, 1.82) is 0 Å². The van der Waals surface area contributed by atoms with Gasteiger partial charge in [-0.3, -0.25) is 14.5 Å². The van der Waals surface area contributed by atoms with Crippen molar-refractivity contribution in [3.8, 4) is 5.75 Å². The third-order valence-electron chi connectivity index (χ3n) is 3.89. The van der Waals surface area contributed by atoms with Gasteiger partial charge >= 0.3 is 0 Å². The summed E-state index contributed by atoms with van der Waals surface area (Å²) in [5, 5.41) is 0. The maximum absolute atomic E-state index is 12.1. The molecule has 0 spiro atoms. The van der Waals surface area contributed by atoms with Gasteiger partial charge in [-0.25, -0.2) is 0 Å². The summed E-state index contributed by atoms with van der Waals surface area (Å²) in [5.74, 6) is 0.0322. The lowest BCUT2D eigenvalue weighted by atomic mass is 9.97. The molecule has 1 aliphatic heterocycles. The zero-order valence-corrected chi connectivity index (χ0v) is 12.4. The van der Waals surface area contributed by atoms with E-state index in [0.29, 0.717) is 12.4 Å². The second kappa shape index (κ2) is 6.02. The van der Waals surface area contributed by atoms with Crippen molar-refractivity contribution < 1.29 is 14.3 Å². The number of carbonyl (C=O) groups is 2. The highest BCUT2D eigenvalue weighted by molar-refractivity contribution is 6.05. The SMILES string of the molecule is CN1C(=O)CC(c2cccc(OCc3ccccc3)c2)C1=O. The topological polar surface area (TPSA) is 46.6 Å². The summed E-state index contributed by atoms with van der Waals surface area (Å²) in [5.41, 5.74) is 1.91. The van der Waals surface area contributed by atoms with E-state index in [2.05, 4.69) is 0 Å². The Bertz CT molecular complexity index is 696. The molecular formula is C18H17NO3. The number of imide groups is 1. The van der Waals surface area contributed by atoms with Gasteiger partial charge in [-0.05, 0) is 23.3 Å². The number of likely N-dealkylation sites (tertiary alicyclic amines) is 1. The van der Waals surface area contributed by atoms with Crippen LogP contribution in [-0.2, 0) is 16.2 Å².